The molecule has 0 amide bonds. The minimum Gasteiger partial charge on any atom is -0.374 e. The molecule has 0 aliphatic heterocycles. The molecule has 0 radical (unpaired) electrons. The average Bonchev–Trinajstić information content (AvgIpc) is 2.29. The number of hydrogen-bond donors (Lipinski definition) is 1. The highest BCUT2D eigenvalue weighted by Gasteiger charge is 2.27. The van der Waals surface area contributed by atoms with E-state index in [9.17, 15) is 0 Å². The molecule has 2 heteroatoms. The summed E-state index contributed by atoms with van der Waals surface area (Å²) < 4.78 is 5.91. The number of rotatable bonds is 3. The van der Waals surface area contributed by atoms with Gasteiger partial charge in [-0.3, -0.25) is 0 Å². The number of ether oxygens (including phenoxy) is 1. The highest BCUT2D eigenvalue weighted by Crippen LogP contribution is 2.27. The van der Waals surface area contributed by atoms with Gasteiger partial charge in [-0.15, -0.1) is 0 Å². The molecule has 1 aromatic rings. The quantitative estimate of drug-likeness (QED) is 0.848. The molecule has 0 atom stereocenters. The van der Waals surface area contributed by atoms with Crippen LogP contribution in [0.3, 0.4) is 0 Å². The molecule has 1 saturated carbocycles. The van der Waals surface area contributed by atoms with Crippen molar-refractivity contribution in [2.24, 2.45) is 5.73 Å². The SMILES string of the molecule is CC1(N)CCC(OCc2ccccc2)CC1. The summed E-state index contributed by atoms with van der Waals surface area (Å²) in [6.07, 6.45) is 4.75. The zero-order valence-corrected chi connectivity index (χ0v) is 9.99. The minimum atomic E-state index is 0.0343. The van der Waals surface area contributed by atoms with Crippen molar-refractivity contribution in [3.63, 3.8) is 0 Å². The van der Waals surface area contributed by atoms with E-state index in [1.165, 1.54) is 5.56 Å². The molecule has 2 rings (SSSR count). The molecule has 0 saturated heterocycles. The Morgan fingerprint density at radius 1 is 1.25 bits per heavy atom. The van der Waals surface area contributed by atoms with E-state index in [1.807, 2.05) is 6.07 Å². The average molecular weight is 219 g/mol. The van der Waals surface area contributed by atoms with Crippen molar-refractivity contribution in [2.45, 2.75) is 50.9 Å². The lowest BCUT2D eigenvalue weighted by molar-refractivity contribution is 0.00479. The van der Waals surface area contributed by atoms with E-state index >= 15 is 0 Å². The molecule has 2 N–H and O–H groups in total. The van der Waals surface area contributed by atoms with Crippen LogP contribution < -0.4 is 5.73 Å². The molecule has 1 aliphatic rings. The molecule has 1 aromatic carbocycles. The van der Waals surface area contributed by atoms with Gasteiger partial charge in [-0.1, -0.05) is 30.3 Å². The fourth-order valence-electron chi connectivity index (χ4n) is 2.21. The van der Waals surface area contributed by atoms with Gasteiger partial charge in [0.15, 0.2) is 0 Å². The maximum Gasteiger partial charge on any atom is 0.0720 e. The first kappa shape index (κ1) is 11.6. The van der Waals surface area contributed by atoms with Crippen molar-refractivity contribution >= 4 is 0 Å². The second-order valence-corrected chi connectivity index (χ2v) is 5.15. The number of hydrogen-bond acceptors (Lipinski definition) is 2. The molecular weight excluding hydrogens is 198 g/mol. The summed E-state index contributed by atoms with van der Waals surface area (Å²) in [4.78, 5) is 0. The van der Waals surface area contributed by atoms with Gasteiger partial charge in [0, 0.05) is 5.54 Å². The third-order valence-corrected chi connectivity index (χ3v) is 3.40. The lowest BCUT2D eigenvalue weighted by atomic mass is 9.83. The second kappa shape index (κ2) is 4.98. The smallest absolute Gasteiger partial charge is 0.0720 e. The maximum atomic E-state index is 6.09. The van der Waals surface area contributed by atoms with E-state index in [4.69, 9.17) is 10.5 Å². The van der Waals surface area contributed by atoms with Gasteiger partial charge in [0.25, 0.3) is 0 Å². The summed E-state index contributed by atoms with van der Waals surface area (Å²) in [5, 5.41) is 0. The number of benzene rings is 1. The summed E-state index contributed by atoms with van der Waals surface area (Å²) in [6.45, 7) is 2.87. The molecule has 16 heavy (non-hydrogen) atoms. The molecule has 2 nitrogen and oxygen atoms in total. The van der Waals surface area contributed by atoms with Crippen molar-refractivity contribution in [3.8, 4) is 0 Å². The highest BCUT2D eigenvalue weighted by molar-refractivity contribution is 5.13. The molecule has 0 heterocycles. The predicted octanol–water partition coefficient (Wildman–Crippen LogP) is 2.86. The van der Waals surface area contributed by atoms with E-state index in [1.54, 1.807) is 0 Å². The fraction of sp³-hybridized carbons (Fsp3) is 0.571. The van der Waals surface area contributed by atoms with E-state index in [-0.39, 0.29) is 5.54 Å². The first-order valence-corrected chi connectivity index (χ1v) is 6.10. The molecular formula is C14H21NO. The van der Waals surface area contributed by atoms with Crippen molar-refractivity contribution in [1.29, 1.82) is 0 Å². The molecule has 0 unspecified atom stereocenters. The Bertz CT molecular complexity index is 311. The van der Waals surface area contributed by atoms with Gasteiger partial charge in [-0.05, 0) is 38.2 Å². The fourth-order valence-corrected chi connectivity index (χ4v) is 2.21. The Labute approximate surface area is 97.8 Å². The standard InChI is InChI=1S/C14H21NO/c1-14(15)9-7-13(8-10-14)16-11-12-5-3-2-4-6-12/h2-6,13H,7-11,15H2,1H3. The minimum absolute atomic E-state index is 0.0343. The zero-order valence-electron chi connectivity index (χ0n) is 9.99. The zero-order chi connectivity index (χ0) is 11.4. The molecule has 0 aromatic heterocycles. The van der Waals surface area contributed by atoms with Crippen LogP contribution in [0, 0.1) is 0 Å². The summed E-state index contributed by atoms with van der Waals surface area (Å²) >= 11 is 0. The third-order valence-electron chi connectivity index (χ3n) is 3.40. The second-order valence-electron chi connectivity index (χ2n) is 5.15. The Morgan fingerprint density at radius 3 is 2.50 bits per heavy atom. The molecule has 1 aliphatic carbocycles. The van der Waals surface area contributed by atoms with E-state index in [0.29, 0.717) is 6.10 Å². The predicted molar refractivity (Wildman–Crippen MR) is 66.1 cm³/mol. The van der Waals surface area contributed by atoms with Crippen molar-refractivity contribution in [3.05, 3.63) is 35.9 Å². The Morgan fingerprint density at radius 2 is 1.88 bits per heavy atom. The van der Waals surface area contributed by atoms with Gasteiger partial charge < -0.3 is 10.5 Å². The van der Waals surface area contributed by atoms with Crippen molar-refractivity contribution < 1.29 is 4.74 Å². The first-order valence-electron chi connectivity index (χ1n) is 6.10. The van der Waals surface area contributed by atoms with Crippen LogP contribution in [0.25, 0.3) is 0 Å². The van der Waals surface area contributed by atoms with Gasteiger partial charge in [-0.2, -0.15) is 0 Å². The van der Waals surface area contributed by atoms with Crippen LogP contribution in [-0.2, 0) is 11.3 Å². The van der Waals surface area contributed by atoms with Crippen LogP contribution in [0.5, 0.6) is 0 Å². The lowest BCUT2D eigenvalue weighted by Gasteiger charge is -2.34. The Balaban J connectivity index is 1.76. The van der Waals surface area contributed by atoms with E-state index in [2.05, 4.69) is 31.2 Å². The monoisotopic (exact) mass is 219 g/mol. The Kier molecular flexibility index (Phi) is 3.62. The first-order chi connectivity index (χ1) is 7.66. The topological polar surface area (TPSA) is 35.2 Å². The van der Waals surface area contributed by atoms with E-state index < -0.39 is 0 Å². The summed E-state index contributed by atoms with van der Waals surface area (Å²) in [5.74, 6) is 0. The molecule has 88 valence electrons. The van der Waals surface area contributed by atoms with Crippen LogP contribution in [0.1, 0.15) is 38.2 Å². The summed E-state index contributed by atoms with van der Waals surface area (Å²) in [5.41, 5.74) is 7.38. The van der Waals surface area contributed by atoms with Gasteiger partial charge in [0.1, 0.15) is 0 Å². The highest BCUT2D eigenvalue weighted by atomic mass is 16.5. The summed E-state index contributed by atoms with van der Waals surface area (Å²) in [7, 11) is 0. The lowest BCUT2D eigenvalue weighted by Crippen LogP contribution is -2.41. The number of nitrogens with two attached hydrogens (primary N) is 1. The van der Waals surface area contributed by atoms with E-state index in [0.717, 1.165) is 32.3 Å². The van der Waals surface area contributed by atoms with Crippen LogP contribution in [0.2, 0.25) is 0 Å². The molecule has 0 bridgehead atoms. The van der Waals surface area contributed by atoms with Crippen LogP contribution >= 0.6 is 0 Å². The van der Waals surface area contributed by atoms with Gasteiger partial charge in [0.2, 0.25) is 0 Å². The third kappa shape index (κ3) is 3.32. The summed E-state index contributed by atoms with van der Waals surface area (Å²) in [6, 6.07) is 10.3. The van der Waals surface area contributed by atoms with Crippen LogP contribution in [0.4, 0.5) is 0 Å². The Hall–Kier alpha value is -0.860. The normalized spacial score (nSPS) is 30.2. The molecule has 1 fully saturated rings. The van der Waals surface area contributed by atoms with Gasteiger partial charge >= 0.3 is 0 Å². The van der Waals surface area contributed by atoms with Crippen LogP contribution in [-0.4, -0.2) is 11.6 Å². The largest absolute Gasteiger partial charge is 0.374 e. The van der Waals surface area contributed by atoms with Crippen molar-refractivity contribution in [1.82, 2.24) is 0 Å². The van der Waals surface area contributed by atoms with Gasteiger partial charge in [-0.25, -0.2) is 0 Å². The van der Waals surface area contributed by atoms with Gasteiger partial charge in [0.05, 0.1) is 12.7 Å². The van der Waals surface area contributed by atoms with Crippen molar-refractivity contribution in [2.75, 3.05) is 0 Å². The maximum absolute atomic E-state index is 6.09. The van der Waals surface area contributed by atoms with Crippen LogP contribution in [0.15, 0.2) is 30.3 Å². The molecule has 0 spiro atoms.